The minimum absolute atomic E-state index is 0.0458. The Hall–Kier alpha value is -2.27. The Kier molecular flexibility index (Phi) is 3.43. The van der Waals surface area contributed by atoms with Crippen molar-refractivity contribution in [3.8, 4) is 0 Å². The third kappa shape index (κ3) is 2.40. The Labute approximate surface area is 117 Å². The molecule has 0 aliphatic carbocycles. The lowest BCUT2D eigenvalue weighted by atomic mass is 10.0. The Morgan fingerprint density at radius 2 is 2.15 bits per heavy atom. The van der Waals surface area contributed by atoms with Crippen molar-refractivity contribution >= 4 is 10.9 Å². The second kappa shape index (κ2) is 5.38. The van der Waals surface area contributed by atoms with E-state index in [9.17, 15) is 0 Å². The second-order valence-electron chi connectivity index (χ2n) is 4.79. The maximum absolute atomic E-state index is 4.53. The molecule has 1 unspecified atom stereocenters. The second-order valence-corrected chi connectivity index (χ2v) is 4.79. The van der Waals surface area contributed by atoms with Crippen LogP contribution in [0.5, 0.6) is 0 Å². The number of aryl methyl sites for hydroxylation is 1. The third-order valence-corrected chi connectivity index (χ3v) is 3.32. The topological polar surface area (TPSA) is 66.5 Å². The van der Waals surface area contributed by atoms with Gasteiger partial charge in [-0.15, -0.1) is 0 Å². The van der Waals surface area contributed by atoms with Gasteiger partial charge in [0.05, 0.1) is 17.8 Å². The SMILES string of the molecule is CCNC(c1ccc2nc(C)ccc2c1)c1cn[nH]n1. The van der Waals surface area contributed by atoms with Crippen molar-refractivity contribution in [3.63, 3.8) is 0 Å². The number of fused-ring (bicyclic) bond motifs is 1. The number of pyridine rings is 1. The van der Waals surface area contributed by atoms with Gasteiger partial charge in [-0.1, -0.05) is 19.1 Å². The Morgan fingerprint density at radius 3 is 2.90 bits per heavy atom. The quantitative estimate of drug-likeness (QED) is 0.761. The molecule has 20 heavy (non-hydrogen) atoms. The molecule has 0 aliphatic heterocycles. The van der Waals surface area contributed by atoms with Crippen molar-refractivity contribution in [2.24, 2.45) is 0 Å². The minimum atomic E-state index is 0.0458. The lowest BCUT2D eigenvalue weighted by Gasteiger charge is -2.16. The van der Waals surface area contributed by atoms with Gasteiger partial charge in [-0.2, -0.15) is 15.4 Å². The smallest absolute Gasteiger partial charge is 0.104 e. The molecule has 1 atom stereocenters. The zero-order valence-electron chi connectivity index (χ0n) is 11.6. The summed E-state index contributed by atoms with van der Waals surface area (Å²) in [6, 6.07) is 10.5. The van der Waals surface area contributed by atoms with Crippen LogP contribution in [0, 0.1) is 6.92 Å². The predicted molar refractivity (Wildman–Crippen MR) is 78.4 cm³/mol. The van der Waals surface area contributed by atoms with Gasteiger partial charge in [-0.25, -0.2) is 0 Å². The molecule has 3 rings (SSSR count). The zero-order valence-corrected chi connectivity index (χ0v) is 11.6. The zero-order chi connectivity index (χ0) is 13.9. The van der Waals surface area contributed by atoms with E-state index < -0.39 is 0 Å². The van der Waals surface area contributed by atoms with Crippen LogP contribution in [0.1, 0.15) is 29.9 Å². The Balaban J connectivity index is 2.05. The molecule has 0 spiro atoms. The molecule has 0 fully saturated rings. The van der Waals surface area contributed by atoms with Gasteiger partial charge in [0.25, 0.3) is 0 Å². The van der Waals surface area contributed by atoms with Gasteiger partial charge < -0.3 is 5.32 Å². The number of nitrogens with one attached hydrogen (secondary N) is 2. The van der Waals surface area contributed by atoms with Crippen molar-refractivity contribution in [2.75, 3.05) is 6.54 Å². The largest absolute Gasteiger partial charge is 0.305 e. The van der Waals surface area contributed by atoms with Gasteiger partial charge >= 0.3 is 0 Å². The van der Waals surface area contributed by atoms with Crippen molar-refractivity contribution in [2.45, 2.75) is 19.9 Å². The molecule has 0 saturated heterocycles. The van der Waals surface area contributed by atoms with Crippen molar-refractivity contribution in [1.29, 1.82) is 0 Å². The number of H-pyrrole nitrogens is 1. The van der Waals surface area contributed by atoms with Crippen molar-refractivity contribution < 1.29 is 0 Å². The van der Waals surface area contributed by atoms with Crippen LogP contribution in [-0.2, 0) is 0 Å². The van der Waals surface area contributed by atoms with E-state index in [4.69, 9.17) is 0 Å². The fourth-order valence-corrected chi connectivity index (χ4v) is 2.37. The molecule has 5 nitrogen and oxygen atoms in total. The monoisotopic (exact) mass is 267 g/mol. The number of benzene rings is 1. The molecule has 0 amide bonds. The van der Waals surface area contributed by atoms with Gasteiger partial charge in [-0.3, -0.25) is 4.98 Å². The highest BCUT2D eigenvalue weighted by Gasteiger charge is 2.16. The fourth-order valence-electron chi connectivity index (χ4n) is 2.37. The molecule has 0 aliphatic rings. The summed E-state index contributed by atoms with van der Waals surface area (Å²) >= 11 is 0. The molecule has 5 heteroatoms. The van der Waals surface area contributed by atoms with E-state index in [-0.39, 0.29) is 6.04 Å². The number of nitrogens with zero attached hydrogens (tertiary/aromatic N) is 3. The van der Waals surface area contributed by atoms with Crippen LogP contribution in [0.2, 0.25) is 0 Å². The first kappa shape index (κ1) is 12.7. The highest BCUT2D eigenvalue weighted by molar-refractivity contribution is 5.79. The number of rotatable bonds is 4. The minimum Gasteiger partial charge on any atom is -0.305 e. The molecule has 1 aromatic carbocycles. The molecule has 0 radical (unpaired) electrons. The van der Waals surface area contributed by atoms with Gasteiger partial charge in [0.2, 0.25) is 0 Å². The number of hydrogen-bond donors (Lipinski definition) is 2. The third-order valence-electron chi connectivity index (χ3n) is 3.32. The summed E-state index contributed by atoms with van der Waals surface area (Å²) in [6.45, 7) is 4.95. The summed E-state index contributed by atoms with van der Waals surface area (Å²) in [6.07, 6.45) is 1.75. The van der Waals surface area contributed by atoms with E-state index in [1.54, 1.807) is 6.20 Å². The summed E-state index contributed by atoms with van der Waals surface area (Å²) in [7, 11) is 0. The van der Waals surface area contributed by atoms with Gasteiger partial charge in [0, 0.05) is 11.1 Å². The normalized spacial score (nSPS) is 12.7. The van der Waals surface area contributed by atoms with Gasteiger partial charge in [0.1, 0.15) is 5.69 Å². The molecule has 2 N–H and O–H groups in total. The predicted octanol–water partition coefficient (Wildman–Crippen LogP) is 2.36. The van der Waals surface area contributed by atoms with Crippen LogP contribution >= 0.6 is 0 Å². The Morgan fingerprint density at radius 1 is 1.25 bits per heavy atom. The van der Waals surface area contributed by atoms with Crippen molar-refractivity contribution in [1.82, 2.24) is 25.7 Å². The standard InChI is InChI=1S/C15H17N5/c1-3-16-15(14-9-17-20-19-14)12-6-7-13-11(8-12)5-4-10(2)18-13/h4-9,15-16H,3H2,1-2H3,(H,17,19,20). The first-order chi connectivity index (χ1) is 9.78. The van der Waals surface area contributed by atoms with Gasteiger partial charge in [-0.05, 0) is 37.2 Å². The molecule has 102 valence electrons. The molecule has 2 heterocycles. The summed E-state index contributed by atoms with van der Waals surface area (Å²) in [5.41, 5.74) is 4.11. The molecule has 2 aromatic heterocycles. The number of hydrogen-bond acceptors (Lipinski definition) is 4. The van der Waals surface area contributed by atoms with E-state index in [1.807, 2.05) is 13.0 Å². The lowest BCUT2D eigenvalue weighted by molar-refractivity contribution is 0.614. The summed E-state index contributed by atoms with van der Waals surface area (Å²) < 4.78 is 0. The summed E-state index contributed by atoms with van der Waals surface area (Å²) in [5.74, 6) is 0. The van der Waals surface area contributed by atoms with Crippen LogP contribution < -0.4 is 5.32 Å². The summed E-state index contributed by atoms with van der Waals surface area (Å²) in [4.78, 5) is 4.53. The van der Waals surface area contributed by atoms with Crippen LogP contribution in [0.15, 0.2) is 36.5 Å². The number of aromatic nitrogens is 4. The van der Waals surface area contributed by atoms with Crippen LogP contribution in [0.25, 0.3) is 10.9 Å². The van der Waals surface area contributed by atoms with E-state index in [0.29, 0.717) is 0 Å². The molecule has 3 aromatic rings. The maximum Gasteiger partial charge on any atom is 0.104 e. The Bertz CT molecular complexity index is 705. The van der Waals surface area contributed by atoms with Gasteiger partial charge in [0.15, 0.2) is 0 Å². The average molecular weight is 267 g/mol. The highest BCUT2D eigenvalue weighted by Crippen LogP contribution is 2.23. The number of aromatic amines is 1. The van der Waals surface area contributed by atoms with E-state index in [1.165, 1.54) is 5.56 Å². The van der Waals surface area contributed by atoms with E-state index >= 15 is 0 Å². The summed E-state index contributed by atoms with van der Waals surface area (Å²) in [5, 5.41) is 15.3. The first-order valence-electron chi connectivity index (χ1n) is 6.74. The van der Waals surface area contributed by atoms with Crippen LogP contribution in [-0.4, -0.2) is 26.9 Å². The molecule has 0 saturated carbocycles. The van der Waals surface area contributed by atoms with Crippen molar-refractivity contribution in [3.05, 3.63) is 53.5 Å². The average Bonchev–Trinajstić information content (AvgIpc) is 2.98. The lowest BCUT2D eigenvalue weighted by Crippen LogP contribution is -2.22. The fraction of sp³-hybridized carbons (Fsp3) is 0.267. The maximum atomic E-state index is 4.53. The van der Waals surface area contributed by atoms with Crippen LogP contribution in [0.4, 0.5) is 0 Å². The van der Waals surface area contributed by atoms with Crippen LogP contribution in [0.3, 0.4) is 0 Å². The molecular formula is C15H17N5. The first-order valence-corrected chi connectivity index (χ1v) is 6.74. The van der Waals surface area contributed by atoms with E-state index in [2.05, 4.69) is 56.9 Å². The van der Waals surface area contributed by atoms with E-state index in [0.717, 1.165) is 28.8 Å². The molecule has 0 bridgehead atoms. The molecular weight excluding hydrogens is 250 g/mol. The highest BCUT2D eigenvalue weighted by atomic mass is 15.3.